The molecule has 1 amide bonds. The van der Waals surface area contributed by atoms with Crippen molar-refractivity contribution in [3.63, 3.8) is 0 Å². The number of aromatic nitrogens is 4. The highest BCUT2D eigenvalue weighted by atomic mass is 32.1. The number of thiazole rings is 1. The number of allylic oxidation sites excluding steroid dienone is 2. The van der Waals surface area contributed by atoms with Gasteiger partial charge in [0, 0.05) is 42.7 Å². The van der Waals surface area contributed by atoms with Gasteiger partial charge in [-0.25, -0.2) is 14.6 Å². The zero-order valence-corrected chi connectivity index (χ0v) is 20.4. The Morgan fingerprint density at radius 1 is 1.30 bits per heavy atom. The molecule has 1 aliphatic heterocycles. The van der Waals surface area contributed by atoms with Crippen LogP contribution in [0.2, 0.25) is 0 Å². The summed E-state index contributed by atoms with van der Waals surface area (Å²) in [6.07, 6.45) is 9.26. The fourth-order valence-electron chi connectivity index (χ4n) is 4.23. The third-order valence-electron chi connectivity index (χ3n) is 5.98. The second-order valence-corrected chi connectivity index (χ2v) is 9.40. The molecule has 0 aliphatic carbocycles. The summed E-state index contributed by atoms with van der Waals surface area (Å²) in [4.78, 5) is 23.8. The minimum atomic E-state index is 0.269. The van der Waals surface area contributed by atoms with E-state index < -0.39 is 0 Å². The maximum Gasteiger partial charge on any atom is 0.222 e. The van der Waals surface area contributed by atoms with Crippen molar-refractivity contribution in [3.8, 4) is 5.82 Å². The van der Waals surface area contributed by atoms with Gasteiger partial charge >= 0.3 is 0 Å². The lowest BCUT2D eigenvalue weighted by atomic mass is 9.97. The SMILES string of the molecule is C/C=C/CCC(=O)N1CCC(c2nc(CNc3cccnc3-n3nc(C)cc3C)cs2)CC1. The van der Waals surface area contributed by atoms with Crippen LogP contribution < -0.4 is 5.32 Å². The van der Waals surface area contributed by atoms with Crippen LogP contribution in [0.25, 0.3) is 5.82 Å². The van der Waals surface area contributed by atoms with E-state index in [-0.39, 0.29) is 5.91 Å². The molecule has 0 unspecified atom stereocenters. The molecular weight excluding hydrogens is 432 g/mol. The number of amides is 1. The van der Waals surface area contributed by atoms with Gasteiger partial charge in [-0.3, -0.25) is 4.79 Å². The molecule has 174 valence electrons. The van der Waals surface area contributed by atoms with Crippen molar-refractivity contribution < 1.29 is 4.79 Å². The van der Waals surface area contributed by atoms with Crippen LogP contribution in [-0.2, 0) is 11.3 Å². The van der Waals surface area contributed by atoms with Crippen LogP contribution in [0.1, 0.15) is 60.6 Å². The van der Waals surface area contributed by atoms with Crippen LogP contribution in [0.5, 0.6) is 0 Å². The molecule has 7 nitrogen and oxygen atoms in total. The number of carbonyl (C=O) groups is 1. The first-order chi connectivity index (χ1) is 16.0. The van der Waals surface area contributed by atoms with E-state index in [0.717, 1.165) is 60.9 Å². The minimum absolute atomic E-state index is 0.269. The van der Waals surface area contributed by atoms with E-state index in [0.29, 0.717) is 18.9 Å². The minimum Gasteiger partial charge on any atom is -0.376 e. The molecule has 0 bridgehead atoms. The fourth-order valence-corrected chi connectivity index (χ4v) is 5.22. The number of likely N-dealkylation sites (tertiary alicyclic amines) is 1. The third-order valence-corrected chi connectivity index (χ3v) is 7.04. The summed E-state index contributed by atoms with van der Waals surface area (Å²) in [6, 6.07) is 6.00. The maximum absolute atomic E-state index is 12.4. The van der Waals surface area contributed by atoms with E-state index in [4.69, 9.17) is 4.98 Å². The molecule has 0 saturated carbocycles. The Morgan fingerprint density at radius 2 is 2.12 bits per heavy atom. The summed E-state index contributed by atoms with van der Waals surface area (Å²) < 4.78 is 1.87. The smallest absolute Gasteiger partial charge is 0.222 e. The molecular formula is C25H32N6OS. The van der Waals surface area contributed by atoms with E-state index >= 15 is 0 Å². The first kappa shape index (κ1) is 23.2. The number of aryl methyl sites for hydroxylation is 2. The molecule has 1 aliphatic rings. The standard InChI is InChI=1S/C25H32N6OS/c1-4-5-6-9-23(32)30-13-10-20(11-14-30)25-28-21(17-33-25)16-27-22-8-7-12-26-24(22)31-19(3)15-18(2)29-31/h4-5,7-8,12,15,17,20,27H,6,9-11,13-14,16H2,1-3H3/b5-4+. The van der Waals surface area contributed by atoms with Crippen LogP contribution in [0, 0.1) is 13.8 Å². The highest BCUT2D eigenvalue weighted by Crippen LogP contribution is 2.31. The number of hydrogen-bond donors (Lipinski definition) is 1. The van der Waals surface area contributed by atoms with Crippen LogP contribution >= 0.6 is 11.3 Å². The molecule has 0 atom stereocenters. The molecule has 0 aromatic carbocycles. The van der Waals surface area contributed by atoms with E-state index in [2.05, 4.69) is 26.9 Å². The van der Waals surface area contributed by atoms with Gasteiger partial charge in [0.15, 0.2) is 5.82 Å². The third kappa shape index (κ3) is 5.68. The molecule has 4 heterocycles. The van der Waals surface area contributed by atoms with Crippen LogP contribution in [-0.4, -0.2) is 43.6 Å². The zero-order chi connectivity index (χ0) is 23.2. The Labute approximate surface area is 199 Å². The van der Waals surface area contributed by atoms with E-state index in [1.165, 1.54) is 5.01 Å². The molecule has 0 spiro atoms. The van der Waals surface area contributed by atoms with E-state index in [1.807, 2.05) is 54.6 Å². The van der Waals surface area contributed by atoms with Crippen LogP contribution in [0.15, 0.2) is 41.9 Å². The average Bonchev–Trinajstić information content (AvgIpc) is 3.44. The van der Waals surface area contributed by atoms with E-state index in [9.17, 15) is 4.79 Å². The summed E-state index contributed by atoms with van der Waals surface area (Å²) in [5, 5.41) is 11.4. The summed E-state index contributed by atoms with van der Waals surface area (Å²) in [7, 11) is 0. The Balaban J connectivity index is 1.34. The second-order valence-electron chi connectivity index (χ2n) is 8.51. The van der Waals surface area contributed by atoms with Gasteiger partial charge < -0.3 is 10.2 Å². The lowest BCUT2D eigenvalue weighted by molar-refractivity contribution is -0.132. The Hall–Kier alpha value is -3.00. The molecule has 1 saturated heterocycles. The molecule has 3 aromatic rings. The number of nitrogens with zero attached hydrogens (tertiary/aromatic N) is 5. The summed E-state index contributed by atoms with van der Waals surface area (Å²) in [5.41, 5.74) is 3.99. The van der Waals surface area contributed by atoms with Gasteiger partial charge in [0.25, 0.3) is 0 Å². The molecule has 1 fully saturated rings. The predicted octanol–water partition coefficient (Wildman–Crippen LogP) is 5.02. The second kappa shape index (κ2) is 10.7. The number of rotatable bonds is 8. The average molecular weight is 465 g/mol. The van der Waals surface area contributed by atoms with Gasteiger partial charge in [0.2, 0.25) is 5.91 Å². The number of hydrogen-bond acceptors (Lipinski definition) is 6. The normalized spacial score (nSPS) is 14.8. The first-order valence-corrected chi connectivity index (χ1v) is 12.5. The number of piperidine rings is 1. The Kier molecular flexibility index (Phi) is 7.54. The van der Waals surface area contributed by atoms with Gasteiger partial charge in [-0.05, 0) is 58.2 Å². The van der Waals surface area contributed by atoms with Crippen molar-refractivity contribution in [3.05, 3.63) is 64.0 Å². The molecule has 33 heavy (non-hydrogen) atoms. The highest BCUT2D eigenvalue weighted by molar-refractivity contribution is 7.09. The number of anilines is 1. The lowest BCUT2D eigenvalue weighted by Gasteiger charge is -2.31. The quantitative estimate of drug-likeness (QED) is 0.474. The summed E-state index contributed by atoms with van der Waals surface area (Å²) in [5.74, 6) is 1.50. The molecule has 4 rings (SSSR count). The highest BCUT2D eigenvalue weighted by Gasteiger charge is 2.25. The Bertz CT molecular complexity index is 1110. The molecule has 3 aromatic heterocycles. The number of pyridine rings is 1. The van der Waals surface area contributed by atoms with Crippen molar-refractivity contribution >= 4 is 22.9 Å². The van der Waals surface area contributed by atoms with Gasteiger partial charge in [0.05, 0.1) is 28.6 Å². The monoisotopic (exact) mass is 464 g/mol. The zero-order valence-electron chi connectivity index (χ0n) is 19.6. The van der Waals surface area contributed by atoms with Crippen molar-refractivity contribution in [2.75, 3.05) is 18.4 Å². The summed E-state index contributed by atoms with van der Waals surface area (Å²) in [6.45, 7) is 8.30. The number of nitrogens with one attached hydrogen (secondary N) is 1. The van der Waals surface area contributed by atoms with Gasteiger partial charge in [-0.2, -0.15) is 5.10 Å². The van der Waals surface area contributed by atoms with Gasteiger partial charge in [-0.1, -0.05) is 12.2 Å². The topological polar surface area (TPSA) is 75.9 Å². The van der Waals surface area contributed by atoms with Crippen LogP contribution in [0.3, 0.4) is 0 Å². The van der Waals surface area contributed by atoms with Crippen molar-refractivity contribution in [1.82, 2.24) is 24.6 Å². The lowest BCUT2D eigenvalue weighted by Crippen LogP contribution is -2.37. The molecule has 8 heteroatoms. The molecule has 0 radical (unpaired) electrons. The Morgan fingerprint density at radius 3 is 2.85 bits per heavy atom. The van der Waals surface area contributed by atoms with Gasteiger partial charge in [0.1, 0.15) is 0 Å². The van der Waals surface area contributed by atoms with Crippen molar-refractivity contribution in [1.29, 1.82) is 0 Å². The molecule has 1 N–H and O–H groups in total. The van der Waals surface area contributed by atoms with Gasteiger partial charge in [-0.15, -0.1) is 11.3 Å². The van der Waals surface area contributed by atoms with E-state index in [1.54, 1.807) is 17.5 Å². The largest absolute Gasteiger partial charge is 0.376 e. The van der Waals surface area contributed by atoms with Crippen molar-refractivity contribution in [2.45, 2.75) is 58.9 Å². The van der Waals surface area contributed by atoms with Crippen LogP contribution in [0.4, 0.5) is 5.69 Å². The fraction of sp³-hybridized carbons (Fsp3) is 0.440. The predicted molar refractivity (Wildman–Crippen MR) is 133 cm³/mol. The first-order valence-electron chi connectivity index (χ1n) is 11.6. The maximum atomic E-state index is 12.4. The summed E-state index contributed by atoms with van der Waals surface area (Å²) >= 11 is 1.73. The van der Waals surface area contributed by atoms with Crippen molar-refractivity contribution in [2.24, 2.45) is 0 Å². The number of carbonyl (C=O) groups excluding carboxylic acids is 1.